The molecule has 0 radical (unpaired) electrons. The van der Waals surface area contributed by atoms with Crippen LogP contribution in [0, 0.1) is 5.92 Å². The van der Waals surface area contributed by atoms with Gasteiger partial charge >= 0.3 is 11.9 Å². The van der Waals surface area contributed by atoms with Crippen molar-refractivity contribution in [1.29, 1.82) is 0 Å². The molecule has 134 valence electrons. The lowest BCUT2D eigenvalue weighted by Gasteiger charge is -2.22. The van der Waals surface area contributed by atoms with Crippen LogP contribution in [0.15, 0.2) is 29.2 Å². The standard InChI is InChI=1S/C15H20ClNO6S/c1-9(2)13(15(19)23-10(3)14(18)22-4)17-24(20,21)12-7-5-11(16)6-8-12/h5-10,13,17H,1-4H3/t10-,13-/m0/s1. The molecule has 7 nitrogen and oxygen atoms in total. The molecular formula is C15H20ClNO6S. The van der Waals surface area contributed by atoms with Crippen molar-refractivity contribution in [2.75, 3.05) is 7.11 Å². The van der Waals surface area contributed by atoms with Gasteiger partial charge in [0.25, 0.3) is 0 Å². The van der Waals surface area contributed by atoms with E-state index in [1.165, 1.54) is 31.2 Å². The van der Waals surface area contributed by atoms with Gasteiger partial charge in [-0.1, -0.05) is 25.4 Å². The second-order valence-corrected chi connectivity index (χ2v) is 7.55. The van der Waals surface area contributed by atoms with Crippen LogP contribution < -0.4 is 4.72 Å². The summed E-state index contributed by atoms with van der Waals surface area (Å²) in [5.74, 6) is -1.99. The number of ether oxygens (including phenoxy) is 2. The summed E-state index contributed by atoms with van der Waals surface area (Å²) in [6, 6.07) is 4.35. The second kappa shape index (κ2) is 8.46. The zero-order valence-corrected chi connectivity index (χ0v) is 15.3. The van der Waals surface area contributed by atoms with Crippen LogP contribution >= 0.6 is 11.6 Å². The van der Waals surface area contributed by atoms with Crippen LogP contribution in [-0.2, 0) is 29.1 Å². The Morgan fingerprint density at radius 3 is 2.08 bits per heavy atom. The zero-order chi connectivity index (χ0) is 18.5. The Kier molecular flexibility index (Phi) is 7.19. The third-order valence-electron chi connectivity index (χ3n) is 3.15. The molecule has 0 aliphatic heterocycles. The first kappa shape index (κ1) is 20.4. The van der Waals surface area contributed by atoms with Gasteiger partial charge in [-0.15, -0.1) is 0 Å². The molecule has 0 saturated heterocycles. The highest BCUT2D eigenvalue weighted by molar-refractivity contribution is 7.89. The number of hydrogen-bond donors (Lipinski definition) is 1. The Morgan fingerprint density at radius 2 is 1.62 bits per heavy atom. The molecule has 0 unspecified atom stereocenters. The van der Waals surface area contributed by atoms with Gasteiger partial charge in [0.1, 0.15) is 6.04 Å². The van der Waals surface area contributed by atoms with E-state index >= 15 is 0 Å². The number of benzene rings is 1. The van der Waals surface area contributed by atoms with Gasteiger partial charge in [-0.25, -0.2) is 13.2 Å². The molecule has 1 aromatic carbocycles. The van der Waals surface area contributed by atoms with Crippen LogP contribution in [-0.4, -0.2) is 39.6 Å². The van der Waals surface area contributed by atoms with Crippen LogP contribution in [0.4, 0.5) is 0 Å². The highest BCUT2D eigenvalue weighted by atomic mass is 35.5. The number of methoxy groups -OCH3 is 1. The lowest BCUT2D eigenvalue weighted by Crippen LogP contribution is -2.46. The van der Waals surface area contributed by atoms with Gasteiger partial charge in [0.05, 0.1) is 12.0 Å². The number of esters is 2. The molecule has 0 heterocycles. The van der Waals surface area contributed by atoms with Crippen molar-refractivity contribution in [2.24, 2.45) is 5.92 Å². The molecule has 1 N–H and O–H groups in total. The molecule has 24 heavy (non-hydrogen) atoms. The van der Waals surface area contributed by atoms with E-state index in [-0.39, 0.29) is 4.90 Å². The van der Waals surface area contributed by atoms with E-state index in [1.54, 1.807) is 13.8 Å². The number of sulfonamides is 1. The monoisotopic (exact) mass is 377 g/mol. The molecule has 9 heteroatoms. The normalized spacial score (nSPS) is 14.1. The lowest BCUT2D eigenvalue weighted by molar-refractivity contribution is -0.166. The van der Waals surface area contributed by atoms with Crippen LogP contribution in [0.2, 0.25) is 5.02 Å². The van der Waals surface area contributed by atoms with E-state index in [0.29, 0.717) is 5.02 Å². The molecule has 0 aromatic heterocycles. The van der Waals surface area contributed by atoms with Crippen LogP contribution in [0.5, 0.6) is 0 Å². The molecule has 0 spiro atoms. The second-order valence-electron chi connectivity index (χ2n) is 5.40. The maximum Gasteiger partial charge on any atom is 0.346 e. The van der Waals surface area contributed by atoms with E-state index < -0.39 is 40.0 Å². The number of rotatable bonds is 7. The maximum atomic E-state index is 12.4. The van der Waals surface area contributed by atoms with E-state index in [4.69, 9.17) is 16.3 Å². The summed E-state index contributed by atoms with van der Waals surface area (Å²) in [5, 5.41) is 0.390. The molecule has 0 aliphatic carbocycles. The SMILES string of the molecule is COC(=O)[C@H](C)OC(=O)[C@@H](NS(=O)(=O)c1ccc(Cl)cc1)C(C)C. The quantitative estimate of drug-likeness (QED) is 0.727. The van der Waals surface area contributed by atoms with Crippen LogP contribution in [0.25, 0.3) is 0 Å². The molecule has 0 saturated carbocycles. The lowest BCUT2D eigenvalue weighted by atomic mass is 10.1. The fourth-order valence-corrected chi connectivity index (χ4v) is 3.23. The van der Waals surface area contributed by atoms with E-state index in [1.807, 2.05) is 0 Å². The smallest absolute Gasteiger partial charge is 0.346 e. The molecule has 1 aromatic rings. The minimum absolute atomic E-state index is 0.0358. The van der Waals surface area contributed by atoms with Crippen molar-refractivity contribution in [2.45, 2.75) is 37.8 Å². The number of hydrogen-bond acceptors (Lipinski definition) is 6. The van der Waals surface area contributed by atoms with E-state index in [9.17, 15) is 18.0 Å². The maximum absolute atomic E-state index is 12.4. The first-order chi connectivity index (χ1) is 11.1. The minimum atomic E-state index is -3.95. The van der Waals surface area contributed by atoms with Crippen molar-refractivity contribution in [1.82, 2.24) is 4.72 Å². The summed E-state index contributed by atoms with van der Waals surface area (Å²) in [6.07, 6.45) is -1.14. The molecule has 0 aliphatic rings. The van der Waals surface area contributed by atoms with E-state index in [2.05, 4.69) is 9.46 Å². The highest BCUT2D eigenvalue weighted by Crippen LogP contribution is 2.16. The van der Waals surface area contributed by atoms with Crippen molar-refractivity contribution in [3.8, 4) is 0 Å². The zero-order valence-electron chi connectivity index (χ0n) is 13.8. The summed E-state index contributed by atoms with van der Waals surface area (Å²) in [4.78, 5) is 23.5. The average molecular weight is 378 g/mol. The molecule has 0 amide bonds. The van der Waals surface area contributed by atoms with E-state index in [0.717, 1.165) is 7.11 Å². The van der Waals surface area contributed by atoms with Crippen LogP contribution in [0.1, 0.15) is 20.8 Å². The van der Waals surface area contributed by atoms with Gasteiger partial charge in [0.2, 0.25) is 10.0 Å². The summed E-state index contributed by atoms with van der Waals surface area (Å²) >= 11 is 5.74. The fraction of sp³-hybridized carbons (Fsp3) is 0.467. The van der Waals surface area contributed by atoms with Gasteiger partial charge in [-0.3, -0.25) is 4.79 Å². The van der Waals surface area contributed by atoms with Crippen molar-refractivity contribution < 1.29 is 27.5 Å². The largest absolute Gasteiger partial charge is 0.466 e. The predicted octanol–water partition coefficient (Wildman–Crippen LogP) is 1.75. The Hall–Kier alpha value is -1.64. The fourth-order valence-electron chi connectivity index (χ4n) is 1.77. The number of carbonyl (C=O) groups excluding carboxylic acids is 2. The highest BCUT2D eigenvalue weighted by Gasteiger charge is 2.32. The Morgan fingerprint density at radius 1 is 1.08 bits per heavy atom. The number of halogens is 1. The van der Waals surface area contributed by atoms with Gasteiger partial charge < -0.3 is 9.47 Å². The molecule has 1 rings (SSSR count). The summed E-state index contributed by atoms with van der Waals surface area (Å²) in [7, 11) is -2.79. The Balaban J connectivity index is 2.94. The Bertz CT molecular complexity index is 686. The molecule has 2 atom stereocenters. The molecule has 0 fully saturated rings. The molecule has 0 bridgehead atoms. The molecular weight excluding hydrogens is 358 g/mol. The van der Waals surface area contributed by atoms with Gasteiger partial charge in [-0.2, -0.15) is 4.72 Å². The van der Waals surface area contributed by atoms with Gasteiger partial charge in [-0.05, 0) is 37.1 Å². The first-order valence-corrected chi connectivity index (χ1v) is 9.00. The predicted molar refractivity (Wildman–Crippen MR) is 88.0 cm³/mol. The van der Waals surface area contributed by atoms with Gasteiger partial charge in [0, 0.05) is 5.02 Å². The minimum Gasteiger partial charge on any atom is -0.466 e. The topological polar surface area (TPSA) is 98.8 Å². The van der Waals surface area contributed by atoms with Gasteiger partial charge in [0.15, 0.2) is 6.10 Å². The first-order valence-electron chi connectivity index (χ1n) is 7.14. The Labute approximate surface area is 146 Å². The van der Waals surface area contributed by atoms with Crippen molar-refractivity contribution in [3.63, 3.8) is 0 Å². The number of nitrogens with one attached hydrogen (secondary N) is 1. The van der Waals surface area contributed by atoms with Crippen LogP contribution in [0.3, 0.4) is 0 Å². The van der Waals surface area contributed by atoms with Crippen molar-refractivity contribution >= 4 is 33.6 Å². The third kappa shape index (κ3) is 5.47. The number of carbonyl (C=O) groups is 2. The summed E-state index contributed by atoms with van der Waals surface area (Å²) in [5.41, 5.74) is 0. The average Bonchev–Trinajstić information content (AvgIpc) is 2.51. The third-order valence-corrected chi connectivity index (χ3v) is 4.86. The summed E-state index contributed by atoms with van der Waals surface area (Å²) < 4.78 is 36.5. The van der Waals surface area contributed by atoms with Crippen molar-refractivity contribution in [3.05, 3.63) is 29.3 Å². The summed E-state index contributed by atoms with van der Waals surface area (Å²) in [6.45, 7) is 4.65.